The fourth-order valence-corrected chi connectivity index (χ4v) is 4.82. The molecule has 0 bridgehead atoms. The van der Waals surface area contributed by atoms with Crippen molar-refractivity contribution in [1.82, 2.24) is 14.8 Å². The quantitative estimate of drug-likeness (QED) is 0.499. The smallest absolute Gasteiger partial charge is 0.254 e. The number of aryl methyl sites for hydroxylation is 2. The Hall–Kier alpha value is -3.86. The van der Waals surface area contributed by atoms with Crippen LogP contribution in [0, 0.1) is 6.92 Å². The van der Waals surface area contributed by atoms with Crippen molar-refractivity contribution in [2.24, 2.45) is 7.05 Å². The van der Waals surface area contributed by atoms with Gasteiger partial charge in [-0.25, -0.2) is 0 Å². The van der Waals surface area contributed by atoms with E-state index in [4.69, 9.17) is 0 Å². The molecule has 2 heterocycles. The van der Waals surface area contributed by atoms with E-state index in [1.165, 1.54) is 0 Å². The van der Waals surface area contributed by atoms with Gasteiger partial charge in [-0.2, -0.15) is 0 Å². The average Bonchev–Trinajstić information content (AvgIpc) is 3.44. The summed E-state index contributed by atoms with van der Waals surface area (Å²) < 4.78 is 1.97. The third-order valence-corrected chi connectivity index (χ3v) is 6.52. The number of nitrogens with zero attached hydrogens (tertiary/aromatic N) is 2. The predicted octanol–water partition coefficient (Wildman–Crippen LogP) is 4.80. The molecule has 4 aromatic rings. The van der Waals surface area contributed by atoms with Crippen molar-refractivity contribution in [2.75, 3.05) is 13.1 Å². The summed E-state index contributed by atoms with van der Waals surface area (Å²) >= 11 is 0. The second-order valence-electron chi connectivity index (χ2n) is 8.74. The lowest BCUT2D eigenvalue weighted by Crippen LogP contribution is -2.38. The molecule has 5 rings (SSSR count). The van der Waals surface area contributed by atoms with Crippen molar-refractivity contribution in [2.45, 2.75) is 19.4 Å². The molecule has 1 aliphatic heterocycles. The van der Waals surface area contributed by atoms with Crippen molar-refractivity contribution in [3.8, 4) is 11.1 Å². The maximum Gasteiger partial charge on any atom is 0.254 e. The van der Waals surface area contributed by atoms with Gasteiger partial charge in [0.2, 0.25) is 0 Å². The highest BCUT2D eigenvalue weighted by atomic mass is 16.2. The number of aromatic nitrogens is 1. The van der Waals surface area contributed by atoms with Gasteiger partial charge in [0.15, 0.2) is 0 Å². The SMILES string of the molecule is Cc1cccc(-c2ccccc2)c1C(=O)N1CC[C@@H](NC(=O)c2cn(C)c3ccccc23)C1. The summed E-state index contributed by atoms with van der Waals surface area (Å²) in [5.41, 5.74) is 5.38. The molecule has 5 heteroatoms. The van der Waals surface area contributed by atoms with Crippen LogP contribution in [-0.4, -0.2) is 40.4 Å². The zero-order valence-corrected chi connectivity index (χ0v) is 18.9. The summed E-state index contributed by atoms with van der Waals surface area (Å²) in [6.07, 6.45) is 2.62. The number of hydrogen-bond donors (Lipinski definition) is 1. The van der Waals surface area contributed by atoms with Crippen LogP contribution in [0.2, 0.25) is 0 Å². The minimum Gasteiger partial charge on any atom is -0.350 e. The highest BCUT2D eigenvalue weighted by molar-refractivity contribution is 6.07. The Bertz CT molecular complexity index is 1340. The number of carbonyl (C=O) groups excluding carboxylic acids is 2. The van der Waals surface area contributed by atoms with Crippen molar-refractivity contribution in [3.63, 3.8) is 0 Å². The average molecular weight is 438 g/mol. The molecule has 0 radical (unpaired) electrons. The molecule has 1 aliphatic rings. The van der Waals surface area contributed by atoms with E-state index in [9.17, 15) is 9.59 Å². The number of likely N-dealkylation sites (tertiary alicyclic amines) is 1. The molecule has 0 spiro atoms. The largest absolute Gasteiger partial charge is 0.350 e. The van der Waals surface area contributed by atoms with Crippen LogP contribution < -0.4 is 5.32 Å². The van der Waals surface area contributed by atoms with Crippen LogP contribution in [-0.2, 0) is 7.05 Å². The van der Waals surface area contributed by atoms with Gasteiger partial charge >= 0.3 is 0 Å². The third kappa shape index (κ3) is 3.91. The topological polar surface area (TPSA) is 54.3 Å². The van der Waals surface area contributed by atoms with Crippen molar-refractivity contribution in [3.05, 3.63) is 95.7 Å². The van der Waals surface area contributed by atoms with Gasteiger partial charge in [0.05, 0.1) is 11.1 Å². The monoisotopic (exact) mass is 437 g/mol. The van der Waals surface area contributed by atoms with E-state index < -0.39 is 0 Å². The van der Waals surface area contributed by atoms with E-state index in [0.29, 0.717) is 18.7 Å². The molecule has 1 saturated heterocycles. The standard InChI is InChI=1S/C28H27N3O2/c1-19-9-8-13-22(20-10-4-3-5-11-20)26(19)28(33)31-16-15-21(17-31)29-27(32)24-18-30(2)25-14-7-6-12-23(24)25/h3-14,18,21H,15-17H2,1-2H3,(H,29,32)/t21-/m1/s1. The minimum atomic E-state index is -0.0908. The lowest BCUT2D eigenvalue weighted by atomic mass is 9.95. The summed E-state index contributed by atoms with van der Waals surface area (Å²) in [5, 5.41) is 4.09. The minimum absolute atomic E-state index is 0.0221. The second-order valence-corrected chi connectivity index (χ2v) is 8.74. The first-order valence-electron chi connectivity index (χ1n) is 11.3. The number of amides is 2. The molecule has 1 aromatic heterocycles. The van der Waals surface area contributed by atoms with Gasteiger partial charge in [-0.1, -0.05) is 66.7 Å². The van der Waals surface area contributed by atoms with Crippen LogP contribution in [0.25, 0.3) is 22.0 Å². The highest BCUT2D eigenvalue weighted by Gasteiger charge is 2.30. The highest BCUT2D eigenvalue weighted by Crippen LogP contribution is 2.28. The van der Waals surface area contributed by atoms with E-state index in [1.54, 1.807) is 0 Å². The summed E-state index contributed by atoms with van der Waals surface area (Å²) in [5.74, 6) is -0.0687. The Morgan fingerprint density at radius 2 is 1.70 bits per heavy atom. The summed E-state index contributed by atoms with van der Waals surface area (Å²) in [7, 11) is 1.95. The Labute approximate surface area is 193 Å². The van der Waals surface area contributed by atoms with Crippen LogP contribution in [0.5, 0.6) is 0 Å². The zero-order chi connectivity index (χ0) is 22.9. The van der Waals surface area contributed by atoms with Crippen LogP contribution in [0.1, 0.15) is 32.7 Å². The number of benzene rings is 3. The number of nitrogens with one attached hydrogen (secondary N) is 1. The molecule has 1 N–H and O–H groups in total. The van der Waals surface area contributed by atoms with Gasteiger partial charge in [-0.05, 0) is 36.1 Å². The van der Waals surface area contributed by atoms with Gasteiger partial charge < -0.3 is 14.8 Å². The molecule has 2 amide bonds. The van der Waals surface area contributed by atoms with Crippen LogP contribution in [0.15, 0.2) is 79.0 Å². The van der Waals surface area contributed by atoms with Crippen molar-refractivity contribution >= 4 is 22.7 Å². The van der Waals surface area contributed by atoms with Crippen molar-refractivity contribution in [1.29, 1.82) is 0 Å². The number of fused-ring (bicyclic) bond motifs is 1. The van der Waals surface area contributed by atoms with E-state index in [2.05, 4.69) is 5.32 Å². The van der Waals surface area contributed by atoms with Crippen LogP contribution in [0.3, 0.4) is 0 Å². The molecule has 0 saturated carbocycles. The molecule has 5 nitrogen and oxygen atoms in total. The van der Waals surface area contributed by atoms with E-state index in [1.807, 2.05) is 102 Å². The van der Waals surface area contributed by atoms with Gasteiger partial charge in [-0.15, -0.1) is 0 Å². The van der Waals surface area contributed by atoms with Gasteiger partial charge in [0.25, 0.3) is 11.8 Å². The lowest BCUT2D eigenvalue weighted by molar-refractivity contribution is 0.0783. The summed E-state index contributed by atoms with van der Waals surface area (Å²) in [6, 6.07) is 23.8. The molecule has 3 aromatic carbocycles. The van der Waals surface area contributed by atoms with Gasteiger partial charge in [0.1, 0.15) is 0 Å². The molecular weight excluding hydrogens is 410 g/mol. The molecule has 0 aliphatic carbocycles. The van der Waals surface area contributed by atoms with Crippen LogP contribution in [0.4, 0.5) is 0 Å². The first-order chi connectivity index (χ1) is 16.0. The molecule has 33 heavy (non-hydrogen) atoms. The van der Waals surface area contributed by atoms with E-state index in [0.717, 1.165) is 39.6 Å². The first-order valence-corrected chi connectivity index (χ1v) is 11.3. The Morgan fingerprint density at radius 3 is 2.52 bits per heavy atom. The molecule has 0 unspecified atom stereocenters. The summed E-state index contributed by atoms with van der Waals surface area (Å²) in [4.78, 5) is 28.5. The molecule has 166 valence electrons. The Morgan fingerprint density at radius 1 is 0.939 bits per heavy atom. The number of rotatable bonds is 4. The lowest BCUT2D eigenvalue weighted by Gasteiger charge is -2.20. The first kappa shape index (κ1) is 21.0. The number of para-hydroxylation sites is 1. The van der Waals surface area contributed by atoms with Crippen molar-refractivity contribution < 1.29 is 9.59 Å². The maximum absolute atomic E-state index is 13.6. The zero-order valence-electron chi connectivity index (χ0n) is 18.9. The summed E-state index contributed by atoms with van der Waals surface area (Å²) in [6.45, 7) is 3.12. The number of carbonyl (C=O) groups is 2. The van der Waals surface area contributed by atoms with Crippen LogP contribution >= 0.6 is 0 Å². The fraction of sp³-hybridized carbons (Fsp3) is 0.214. The third-order valence-electron chi connectivity index (χ3n) is 6.52. The van der Waals surface area contributed by atoms with Gasteiger partial charge in [0, 0.05) is 43.3 Å². The predicted molar refractivity (Wildman–Crippen MR) is 131 cm³/mol. The molecular formula is C28H27N3O2. The van der Waals surface area contributed by atoms with Gasteiger partial charge in [-0.3, -0.25) is 9.59 Å². The number of hydrogen-bond acceptors (Lipinski definition) is 2. The Balaban J connectivity index is 1.34. The normalized spacial score (nSPS) is 15.7. The van der Waals surface area contributed by atoms with E-state index >= 15 is 0 Å². The van der Waals surface area contributed by atoms with E-state index in [-0.39, 0.29) is 17.9 Å². The fourth-order valence-electron chi connectivity index (χ4n) is 4.82. The molecule has 1 fully saturated rings. The second kappa shape index (κ2) is 8.58. The maximum atomic E-state index is 13.6. The Kier molecular flexibility index (Phi) is 5.47. The molecule has 1 atom stereocenters.